The molecule has 0 aliphatic heterocycles. The summed E-state index contributed by atoms with van der Waals surface area (Å²) in [5.74, 6) is 1.53. The van der Waals surface area contributed by atoms with Gasteiger partial charge in [-0.25, -0.2) is 9.37 Å². The monoisotopic (exact) mass is 540 g/mol. The van der Waals surface area contributed by atoms with E-state index in [1.807, 2.05) is 17.0 Å². The number of carbonyl (C=O) groups is 1. The van der Waals surface area contributed by atoms with Gasteiger partial charge in [-0.2, -0.15) is 5.10 Å². The topological polar surface area (TPSA) is 51.0 Å². The Bertz CT molecular complexity index is 1160. The number of aryl methyl sites for hydroxylation is 1. The van der Waals surface area contributed by atoms with Crippen LogP contribution in [0.4, 0.5) is 10.2 Å². The molecule has 7 aliphatic rings. The van der Waals surface area contributed by atoms with E-state index in [0.29, 0.717) is 31.6 Å². The number of hydrogen-bond donors (Lipinski definition) is 0. The van der Waals surface area contributed by atoms with Crippen LogP contribution in [0.3, 0.4) is 0 Å². The van der Waals surface area contributed by atoms with Gasteiger partial charge in [0.2, 0.25) is 5.91 Å². The molecule has 7 fully saturated rings. The highest BCUT2D eigenvalue weighted by molar-refractivity contribution is 9.10. The van der Waals surface area contributed by atoms with Crippen molar-refractivity contribution in [2.75, 3.05) is 11.4 Å². The number of anilines is 1. The fourth-order valence-electron chi connectivity index (χ4n) is 8.09. The fraction of sp³-hybridized carbons (Fsp3) is 0.679. The summed E-state index contributed by atoms with van der Waals surface area (Å²) in [6, 6.07) is 6.26. The first-order valence-corrected chi connectivity index (χ1v) is 14.1. The second kappa shape index (κ2) is 7.39. The van der Waals surface area contributed by atoms with Gasteiger partial charge in [0.15, 0.2) is 0 Å². The highest BCUT2D eigenvalue weighted by atomic mass is 79.9. The number of alkyl halides is 1. The molecular weight excluding hydrogens is 507 g/mol. The van der Waals surface area contributed by atoms with E-state index in [-0.39, 0.29) is 22.2 Å². The Morgan fingerprint density at radius 3 is 2.40 bits per heavy atom. The molecule has 5 nitrogen and oxygen atoms in total. The molecule has 2 heterocycles. The second-order valence-corrected chi connectivity index (χ2v) is 13.7. The molecule has 0 saturated heterocycles. The lowest BCUT2D eigenvalue weighted by atomic mass is 9.41. The molecule has 7 saturated carbocycles. The van der Waals surface area contributed by atoms with Crippen LogP contribution in [-0.2, 0) is 17.3 Å². The first-order chi connectivity index (χ1) is 16.7. The average molecular weight is 542 g/mol. The summed E-state index contributed by atoms with van der Waals surface area (Å²) in [7, 11) is 2.12. The van der Waals surface area contributed by atoms with Crippen LogP contribution >= 0.6 is 15.9 Å². The zero-order valence-corrected chi connectivity index (χ0v) is 22.1. The third-order valence-corrected chi connectivity index (χ3v) is 10.7. The molecule has 0 radical (unpaired) electrons. The summed E-state index contributed by atoms with van der Waals surface area (Å²) in [5, 5.41) is 4.88. The highest BCUT2D eigenvalue weighted by Gasteiger charge is 2.69. The Balaban J connectivity index is 1.11. The average Bonchev–Trinajstić information content (AvgIpc) is 3.58. The smallest absolute Gasteiger partial charge is 0.228 e. The van der Waals surface area contributed by atoms with Crippen molar-refractivity contribution in [2.24, 2.45) is 17.9 Å². The Morgan fingerprint density at radius 2 is 1.80 bits per heavy atom. The van der Waals surface area contributed by atoms with Crippen molar-refractivity contribution in [1.82, 2.24) is 14.8 Å². The van der Waals surface area contributed by atoms with E-state index in [0.717, 1.165) is 36.1 Å². The van der Waals surface area contributed by atoms with E-state index in [9.17, 15) is 9.18 Å². The van der Waals surface area contributed by atoms with Gasteiger partial charge >= 0.3 is 0 Å². The van der Waals surface area contributed by atoms with Crippen molar-refractivity contribution >= 4 is 27.7 Å². The number of hydrogen-bond acceptors (Lipinski definition) is 3. The van der Waals surface area contributed by atoms with Gasteiger partial charge in [0.25, 0.3) is 0 Å². The molecule has 1 amide bonds. The van der Waals surface area contributed by atoms with E-state index in [4.69, 9.17) is 5.10 Å². The Morgan fingerprint density at radius 1 is 1.11 bits per heavy atom. The van der Waals surface area contributed by atoms with E-state index in [1.165, 1.54) is 43.5 Å². The lowest BCUT2D eigenvalue weighted by Gasteiger charge is -2.66. The molecule has 0 unspecified atom stereocenters. The van der Waals surface area contributed by atoms with Gasteiger partial charge in [-0.05, 0) is 99.7 Å². The lowest BCUT2D eigenvalue weighted by Crippen LogP contribution is -2.65. The quantitative estimate of drug-likeness (QED) is 0.410. The predicted octanol–water partition coefficient (Wildman–Crippen LogP) is 6.36. The van der Waals surface area contributed by atoms with E-state index < -0.39 is 5.67 Å². The van der Waals surface area contributed by atoms with Crippen molar-refractivity contribution in [3.8, 4) is 0 Å². The number of pyridine rings is 1. The van der Waals surface area contributed by atoms with Crippen LogP contribution in [0.2, 0.25) is 0 Å². The van der Waals surface area contributed by atoms with Crippen LogP contribution in [0, 0.1) is 10.8 Å². The Hall–Kier alpha value is -1.76. The summed E-state index contributed by atoms with van der Waals surface area (Å²) >= 11 is 3.56. The molecule has 0 aromatic carbocycles. The van der Waals surface area contributed by atoms with Gasteiger partial charge in [-0.3, -0.25) is 14.4 Å². The number of carbonyl (C=O) groups excluding carboxylic acids is 1. The maximum atomic E-state index is 14.1. The lowest BCUT2D eigenvalue weighted by molar-refractivity contribution is -0.215. The minimum Gasteiger partial charge on any atom is -0.296 e. The SMILES string of the molecule is Cn1nc(C2CC2)cc1C12CCC(CN(C(=O)CC34CC(F)(C3)C4)c3cc(Br)ccn3)(CC1)CC2. The molecule has 4 bridgehead atoms. The number of nitrogens with zero attached hydrogens (tertiary/aromatic N) is 4. The number of halogens is 2. The largest absolute Gasteiger partial charge is 0.296 e. The van der Waals surface area contributed by atoms with Crippen molar-refractivity contribution in [2.45, 2.75) is 94.1 Å². The fourth-order valence-corrected chi connectivity index (χ4v) is 8.41. The van der Waals surface area contributed by atoms with Gasteiger partial charge in [0.05, 0.1) is 5.69 Å². The van der Waals surface area contributed by atoms with E-state index >= 15 is 0 Å². The zero-order valence-electron chi connectivity index (χ0n) is 20.5. The number of amides is 1. The van der Waals surface area contributed by atoms with Gasteiger partial charge in [0, 0.05) is 47.7 Å². The molecule has 7 heteroatoms. The minimum atomic E-state index is -0.973. The summed E-state index contributed by atoms with van der Waals surface area (Å²) in [6.07, 6.45) is 13.4. The first-order valence-electron chi connectivity index (χ1n) is 13.4. The maximum absolute atomic E-state index is 14.1. The van der Waals surface area contributed by atoms with Crippen LogP contribution < -0.4 is 4.90 Å². The van der Waals surface area contributed by atoms with Crippen molar-refractivity contribution < 1.29 is 9.18 Å². The van der Waals surface area contributed by atoms with Gasteiger partial charge in [-0.15, -0.1) is 0 Å². The summed E-state index contributed by atoms with van der Waals surface area (Å²) in [5.41, 5.74) is 2.03. The van der Waals surface area contributed by atoms with Crippen LogP contribution in [0.5, 0.6) is 0 Å². The van der Waals surface area contributed by atoms with Crippen molar-refractivity contribution in [3.63, 3.8) is 0 Å². The van der Waals surface area contributed by atoms with E-state index in [2.05, 4.69) is 38.7 Å². The second-order valence-electron chi connectivity index (χ2n) is 12.8. The Kier molecular flexibility index (Phi) is 4.74. The number of fused-ring (bicyclic) bond motifs is 3. The summed E-state index contributed by atoms with van der Waals surface area (Å²) < 4.78 is 17.2. The molecule has 2 aromatic rings. The normalized spacial score (nSPS) is 37.0. The molecule has 0 spiro atoms. The highest BCUT2D eigenvalue weighted by Crippen LogP contribution is 2.71. The van der Waals surface area contributed by atoms with Gasteiger partial charge in [-0.1, -0.05) is 15.9 Å². The van der Waals surface area contributed by atoms with Crippen LogP contribution in [0.15, 0.2) is 28.9 Å². The number of aromatic nitrogens is 3. The van der Waals surface area contributed by atoms with Crippen LogP contribution in [0.25, 0.3) is 0 Å². The maximum Gasteiger partial charge on any atom is 0.228 e. The Labute approximate surface area is 215 Å². The first kappa shape index (κ1) is 22.4. The van der Waals surface area contributed by atoms with Crippen molar-refractivity contribution in [3.05, 3.63) is 40.3 Å². The molecule has 7 aliphatic carbocycles. The third kappa shape index (κ3) is 3.62. The van der Waals surface area contributed by atoms with Gasteiger partial charge in [0.1, 0.15) is 11.5 Å². The molecule has 0 atom stereocenters. The standard InChI is InChI=1S/C28H34BrFN4O/c1-33-22(13-21(32-33)19-2-3-19)27-8-5-25(6-9-27,7-10-27)18-34(23-12-20(29)4-11-31-23)24(35)14-26-15-28(30,16-26)17-26/h4,11-13,19H,2-3,5-10,14-18H2,1H3. The number of rotatable bonds is 7. The predicted molar refractivity (Wildman–Crippen MR) is 136 cm³/mol. The molecule has 2 aromatic heterocycles. The summed E-state index contributed by atoms with van der Waals surface area (Å²) in [4.78, 5) is 20.2. The molecule has 9 rings (SSSR count). The van der Waals surface area contributed by atoms with Crippen LogP contribution in [-0.4, -0.2) is 32.9 Å². The van der Waals surface area contributed by atoms with Gasteiger partial charge < -0.3 is 0 Å². The minimum absolute atomic E-state index is 0.0964. The molecule has 186 valence electrons. The molecule has 35 heavy (non-hydrogen) atoms. The van der Waals surface area contributed by atoms with Crippen molar-refractivity contribution in [1.29, 1.82) is 0 Å². The van der Waals surface area contributed by atoms with Crippen LogP contribution in [0.1, 0.15) is 94.4 Å². The third-order valence-electron chi connectivity index (χ3n) is 10.2. The summed E-state index contributed by atoms with van der Waals surface area (Å²) in [6.45, 7) is 0.723. The zero-order chi connectivity index (χ0) is 24.1. The molecular formula is C28H34BrFN4O. The molecule has 0 N–H and O–H groups in total. The van der Waals surface area contributed by atoms with E-state index in [1.54, 1.807) is 6.20 Å².